The van der Waals surface area contributed by atoms with Gasteiger partial charge >= 0.3 is 5.97 Å². The summed E-state index contributed by atoms with van der Waals surface area (Å²) in [5.41, 5.74) is 2.82. The molecule has 0 unspecified atom stereocenters. The summed E-state index contributed by atoms with van der Waals surface area (Å²) in [7, 11) is 1.47. The van der Waals surface area contributed by atoms with E-state index >= 15 is 0 Å². The second kappa shape index (κ2) is 10.1. The molecule has 0 saturated heterocycles. The highest BCUT2D eigenvalue weighted by atomic mass is 16.5. The largest absolute Gasteiger partial charge is 0.496 e. The highest BCUT2D eigenvalue weighted by molar-refractivity contribution is 5.96. The van der Waals surface area contributed by atoms with E-state index < -0.39 is 18.5 Å². The lowest BCUT2D eigenvalue weighted by molar-refractivity contribution is -0.119. The Hall–Kier alpha value is -3.80. The highest BCUT2D eigenvalue weighted by Gasteiger charge is 2.15. The van der Waals surface area contributed by atoms with Gasteiger partial charge in [0.15, 0.2) is 6.61 Å². The lowest BCUT2D eigenvalue weighted by Gasteiger charge is -2.10. The van der Waals surface area contributed by atoms with Gasteiger partial charge in [0.05, 0.1) is 7.11 Å². The van der Waals surface area contributed by atoms with Gasteiger partial charge in [0.25, 0.3) is 5.91 Å². The highest BCUT2D eigenvalue weighted by Crippen LogP contribution is 2.21. The SMILES string of the molecule is COc1ccc(C)cc1C(=O)OCC(=O)Nc1ccc(OCc2ccccc2)cc1. The molecular weight excluding hydrogens is 382 g/mol. The number of carbonyl (C=O) groups is 2. The van der Waals surface area contributed by atoms with Gasteiger partial charge in [-0.2, -0.15) is 0 Å². The smallest absolute Gasteiger partial charge is 0.342 e. The van der Waals surface area contributed by atoms with Crippen LogP contribution in [0.3, 0.4) is 0 Å². The summed E-state index contributed by atoms with van der Waals surface area (Å²) in [5, 5.41) is 2.69. The molecule has 0 radical (unpaired) electrons. The van der Waals surface area contributed by atoms with Gasteiger partial charge < -0.3 is 19.5 Å². The zero-order valence-electron chi connectivity index (χ0n) is 16.9. The molecule has 0 bridgehead atoms. The number of anilines is 1. The number of methoxy groups -OCH3 is 1. The van der Waals surface area contributed by atoms with Gasteiger partial charge in [0.1, 0.15) is 23.7 Å². The van der Waals surface area contributed by atoms with E-state index in [2.05, 4.69) is 5.32 Å². The maximum atomic E-state index is 12.3. The molecule has 0 fully saturated rings. The number of aryl methyl sites for hydroxylation is 1. The van der Waals surface area contributed by atoms with Gasteiger partial charge in [-0.25, -0.2) is 4.79 Å². The van der Waals surface area contributed by atoms with Crippen molar-refractivity contribution < 1.29 is 23.8 Å². The van der Waals surface area contributed by atoms with Crippen LogP contribution in [0.5, 0.6) is 11.5 Å². The van der Waals surface area contributed by atoms with Crippen LogP contribution in [0.2, 0.25) is 0 Å². The summed E-state index contributed by atoms with van der Waals surface area (Å²) in [5.74, 6) is 0.0372. The Balaban J connectivity index is 1.49. The van der Waals surface area contributed by atoms with Crippen LogP contribution in [0.15, 0.2) is 72.8 Å². The van der Waals surface area contributed by atoms with Gasteiger partial charge in [-0.3, -0.25) is 4.79 Å². The second-order valence-electron chi connectivity index (χ2n) is 6.63. The number of benzene rings is 3. The van der Waals surface area contributed by atoms with Gasteiger partial charge in [-0.1, -0.05) is 42.0 Å². The number of ether oxygens (including phenoxy) is 3. The third-order valence-corrected chi connectivity index (χ3v) is 4.30. The maximum Gasteiger partial charge on any atom is 0.342 e. The predicted molar refractivity (Wildman–Crippen MR) is 114 cm³/mol. The molecule has 0 aliphatic carbocycles. The summed E-state index contributed by atoms with van der Waals surface area (Å²) >= 11 is 0. The van der Waals surface area contributed by atoms with Gasteiger partial charge in [-0.05, 0) is 48.9 Å². The monoisotopic (exact) mass is 405 g/mol. The van der Waals surface area contributed by atoms with Crippen molar-refractivity contribution in [2.45, 2.75) is 13.5 Å². The van der Waals surface area contributed by atoms with E-state index in [0.29, 0.717) is 23.8 Å². The molecule has 154 valence electrons. The van der Waals surface area contributed by atoms with Crippen molar-refractivity contribution in [3.8, 4) is 11.5 Å². The molecule has 0 aliphatic rings. The minimum Gasteiger partial charge on any atom is -0.496 e. The summed E-state index contributed by atoms with van der Waals surface area (Å²) in [6.07, 6.45) is 0. The van der Waals surface area contributed by atoms with Gasteiger partial charge in [0, 0.05) is 5.69 Å². The molecule has 0 saturated carbocycles. The van der Waals surface area contributed by atoms with E-state index in [9.17, 15) is 9.59 Å². The molecule has 3 rings (SSSR count). The predicted octanol–water partition coefficient (Wildman–Crippen LogP) is 4.38. The summed E-state index contributed by atoms with van der Waals surface area (Å²) in [6, 6.07) is 22.0. The molecule has 6 heteroatoms. The Bertz CT molecular complexity index is 1000. The normalized spacial score (nSPS) is 10.2. The minimum atomic E-state index is -0.615. The quantitative estimate of drug-likeness (QED) is 0.563. The lowest BCUT2D eigenvalue weighted by atomic mass is 10.1. The molecule has 1 N–H and O–H groups in total. The lowest BCUT2D eigenvalue weighted by Crippen LogP contribution is -2.21. The fourth-order valence-electron chi connectivity index (χ4n) is 2.76. The van der Waals surface area contributed by atoms with Crippen molar-refractivity contribution in [1.29, 1.82) is 0 Å². The maximum absolute atomic E-state index is 12.3. The Morgan fingerprint density at radius 3 is 2.37 bits per heavy atom. The van der Waals surface area contributed by atoms with E-state index in [1.54, 1.807) is 36.4 Å². The van der Waals surface area contributed by atoms with Crippen LogP contribution in [0.4, 0.5) is 5.69 Å². The summed E-state index contributed by atoms with van der Waals surface area (Å²) in [4.78, 5) is 24.4. The van der Waals surface area contributed by atoms with E-state index in [-0.39, 0.29) is 5.56 Å². The first-order chi connectivity index (χ1) is 14.5. The standard InChI is InChI=1S/C24H23NO5/c1-17-8-13-22(28-2)21(14-17)24(27)30-16-23(26)25-19-9-11-20(12-10-19)29-15-18-6-4-3-5-7-18/h3-14H,15-16H2,1-2H3,(H,25,26). The number of carbonyl (C=O) groups excluding carboxylic acids is 2. The van der Waals surface area contributed by atoms with E-state index in [1.165, 1.54) is 7.11 Å². The van der Waals surface area contributed by atoms with Crippen LogP contribution < -0.4 is 14.8 Å². The number of nitrogens with one attached hydrogen (secondary N) is 1. The first-order valence-electron chi connectivity index (χ1n) is 9.43. The summed E-state index contributed by atoms with van der Waals surface area (Å²) < 4.78 is 16.0. The third kappa shape index (κ3) is 5.85. The molecule has 0 aromatic heterocycles. The van der Waals surface area contributed by atoms with Crippen molar-refractivity contribution in [3.63, 3.8) is 0 Å². The summed E-state index contributed by atoms with van der Waals surface area (Å²) in [6.45, 7) is 1.92. The van der Waals surface area contributed by atoms with Crippen LogP contribution >= 0.6 is 0 Å². The van der Waals surface area contributed by atoms with Crippen molar-refractivity contribution >= 4 is 17.6 Å². The Labute approximate surface area is 175 Å². The second-order valence-corrected chi connectivity index (χ2v) is 6.63. The third-order valence-electron chi connectivity index (χ3n) is 4.30. The zero-order chi connectivity index (χ0) is 21.3. The van der Waals surface area contributed by atoms with Crippen LogP contribution in [0, 0.1) is 6.92 Å². The van der Waals surface area contributed by atoms with E-state index in [0.717, 1.165) is 11.1 Å². The van der Waals surface area contributed by atoms with Crippen molar-refractivity contribution in [2.24, 2.45) is 0 Å². The molecule has 0 atom stereocenters. The average Bonchev–Trinajstić information content (AvgIpc) is 2.77. The fraction of sp³-hybridized carbons (Fsp3) is 0.167. The number of hydrogen-bond donors (Lipinski definition) is 1. The van der Waals surface area contributed by atoms with Crippen molar-refractivity contribution in [2.75, 3.05) is 19.0 Å². The van der Waals surface area contributed by atoms with Crippen LogP contribution in [0.1, 0.15) is 21.5 Å². The molecule has 0 spiro atoms. The van der Waals surface area contributed by atoms with Gasteiger partial charge in [-0.15, -0.1) is 0 Å². The number of esters is 1. The van der Waals surface area contributed by atoms with Crippen LogP contribution in [0.25, 0.3) is 0 Å². The average molecular weight is 405 g/mol. The molecule has 0 aliphatic heterocycles. The van der Waals surface area contributed by atoms with Gasteiger partial charge in [0.2, 0.25) is 0 Å². The van der Waals surface area contributed by atoms with Crippen LogP contribution in [-0.2, 0) is 16.1 Å². The molecule has 6 nitrogen and oxygen atoms in total. The first kappa shape index (κ1) is 20.9. The Kier molecular flexibility index (Phi) is 7.05. The van der Waals surface area contributed by atoms with Crippen molar-refractivity contribution in [3.05, 3.63) is 89.5 Å². The zero-order valence-corrected chi connectivity index (χ0v) is 16.9. The Morgan fingerprint density at radius 2 is 1.67 bits per heavy atom. The molecule has 3 aromatic rings. The number of rotatable bonds is 8. The van der Waals surface area contributed by atoms with Crippen molar-refractivity contribution in [1.82, 2.24) is 0 Å². The molecular formula is C24H23NO5. The number of amides is 1. The van der Waals surface area contributed by atoms with E-state index in [1.807, 2.05) is 43.3 Å². The first-order valence-corrected chi connectivity index (χ1v) is 9.43. The fourth-order valence-corrected chi connectivity index (χ4v) is 2.76. The molecule has 0 heterocycles. The minimum absolute atomic E-state index is 0.283. The van der Waals surface area contributed by atoms with E-state index in [4.69, 9.17) is 14.2 Å². The molecule has 30 heavy (non-hydrogen) atoms. The van der Waals surface area contributed by atoms with Crippen LogP contribution in [-0.4, -0.2) is 25.6 Å². The molecule has 3 aromatic carbocycles. The Morgan fingerprint density at radius 1 is 0.933 bits per heavy atom. The topological polar surface area (TPSA) is 73.9 Å². The number of hydrogen-bond acceptors (Lipinski definition) is 5. The molecule has 1 amide bonds.